The average molecular weight is 338 g/mol. The summed E-state index contributed by atoms with van der Waals surface area (Å²) in [6.45, 7) is -0.149. The first-order valence-electron chi connectivity index (χ1n) is 6.69. The van der Waals surface area contributed by atoms with E-state index in [4.69, 9.17) is 19.9 Å². The van der Waals surface area contributed by atoms with Gasteiger partial charge in [-0.15, -0.1) is 0 Å². The van der Waals surface area contributed by atoms with Crippen LogP contribution in [0.5, 0.6) is 17.2 Å². The zero-order valence-corrected chi connectivity index (χ0v) is 12.7. The van der Waals surface area contributed by atoms with Crippen molar-refractivity contribution in [2.24, 2.45) is 0 Å². The molecule has 1 aliphatic rings. The first-order chi connectivity index (χ1) is 11.5. The number of anilines is 1. The van der Waals surface area contributed by atoms with Crippen LogP contribution in [0.1, 0.15) is 10.5 Å². The molecular weight excluding hydrogens is 326 g/mol. The van der Waals surface area contributed by atoms with Crippen LogP contribution >= 0.6 is 0 Å². The van der Waals surface area contributed by atoms with E-state index >= 15 is 0 Å². The third-order valence-corrected chi connectivity index (χ3v) is 3.44. The van der Waals surface area contributed by atoms with Gasteiger partial charge in [0, 0.05) is 5.56 Å². The molecule has 1 aromatic carbocycles. The van der Waals surface area contributed by atoms with E-state index in [0.717, 1.165) is 7.11 Å². The number of carbonyl (C=O) groups is 1. The largest absolute Gasteiger partial charge is 0.492 e. The maximum absolute atomic E-state index is 14.6. The molecule has 0 spiro atoms. The van der Waals surface area contributed by atoms with Crippen molar-refractivity contribution in [3.05, 3.63) is 29.5 Å². The van der Waals surface area contributed by atoms with Crippen LogP contribution < -0.4 is 19.9 Å². The van der Waals surface area contributed by atoms with Gasteiger partial charge in [-0.2, -0.15) is 0 Å². The second-order valence-corrected chi connectivity index (χ2v) is 4.72. The Hall–Kier alpha value is -3.10. The number of fused-ring (bicyclic) bond motifs is 1. The van der Waals surface area contributed by atoms with Gasteiger partial charge in [-0.3, -0.25) is 0 Å². The van der Waals surface area contributed by atoms with E-state index < -0.39 is 29.0 Å². The van der Waals surface area contributed by atoms with E-state index in [1.54, 1.807) is 0 Å². The summed E-state index contributed by atoms with van der Waals surface area (Å²) in [6, 6.07) is 2.65. The molecule has 7 nitrogen and oxygen atoms in total. The van der Waals surface area contributed by atoms with Gasteiger partial charge in [-0.1, -0.05) is 0 Å². The van der Waals surface area contributed by atoms with Crippen LogP contribution in [-0.4, -0.2) is 32.0 Å². The summed E-state index contributed by atoms with van der Waals surface area (Å²) >= 11 is 0. The van der Waals surface area contributed by atoms with Crippen LogP contribution in [0.25, 0.3) is 11.3 Å². The minimum Gasteiger partial charge on any atom is -0.492 e. The van der Waals surface area contributed by atoms with E-state index in [-0.39, 0.29) is 35.3 Å². The Morgan fingerprint density at radius 2 is 2.00 bits per heavy atom. The van der Waals surface area contributed by atoms with E-state index in [2.05, 4.69) is 9.72 Å². The van der Waals surface area contributed by atoms with Crippen LogP contribution in [0.4, 0.5) is 14.5 Å². The zero-order chi connectivity index (χ0) is 17.4. The Kier molecular flexibility index (Phi) is 3.84. The van der Waals surface area contributed by atoms with Crippen molar-refractivity contribution in [1.82, 2.24) is 4.98 Å². The second-order valence-electron chi connectivity index (χ2n) is 4.72. The first-order valence-corrected chi connectivity index (χ1v) is 6.69. The normalized spacial score (nSPS) is 12.2. The van der Waals surface area contributed by atoms with Crippen molar-refractivity contribution in [2.45, 2.75) is 0 Å². The molecule has 2 N–H and O–H groups in total. The van der Waals surface area contributed by atoms with E-state index in [0.29, 0.717) is 0 Å². The minimum atomic E-state index is -1.03. The van der Waals surface area contributed by atoms with E-state index in [1.807, 2.05) is 0 Å². The summed E-state index contributed by atoms with van der Waals surface area (Å²) in [5.74, 6) is -3.08. The van der Waals surface area contributed by atoms with Crippen LogP contribution in [0, 0.1) is 11.6 Å². The molecule has 0 atom stereocenters. The average Bonchev–Trinajstić information content (AvgIpc) is 3.07. The highest BCUT2D eigenvalue weighted by molar-refractivity contribution is 5.93. The zero-order valence-electron chi connectivity index (χ0n) is 12.7. The predicted octanol–water partition coefficient (Wildman–Crippen LogP) is 2.13. The molecule has 0 unspecified atom stereocenters. The lowest BCUT2D eigenvalue weighted by molar-refractivity contribution is 0.0590. The molecule has 3 rings (SSSR count). The first kappa shape index (κ1) is 15.8. The maximum atomic E-state index is 14.6. The number of nitrogens with two attached hydrogens (primary N) is 1. The summed E-state index contributed by atoms with van der Waals surface area (Å²) in [6.07, 6.45) is 0. The van der Waals surface area contributed by atoms with Crippen molar-refractivity contribution in [3.63, 3.8) is 0 Å². The lowest BCUT2D eigenvalue weighted by Gasteiger charge is -2.14. The molecule has 1 aromatic heterocycles. The lowest BCUT2D eigenvalue weighted by atomic mass is 10.1. The summed E-state index contributed by atoms with van der Waals surface area (Å²) < 4.78 is 48.7. The minimum absolute atomic E-state index is 0.149. The molecule has 0 fully saturated rings. The Morgan fingerprint density at radius 1 is 1.25 bits per heavy atom. The number of halogens is 2. The van der Waals surface area contributed by atoms with Crippen molar-refractivity contribution in [3.8, 4) is 28.5 Å². The Morgan fingerprint density at radius 3 is 2.67 bits per heavy atom. The number of aromatic nitrogens is 1. The van der Waals surface area contributed by atoms with Gasteiger partial charge in [0.25, 0.3) is 0 Å². The molecule has 126 valence electrons. The van der Waals surface area contributed by atoms with Gasteiger partial charge in [0.05, 0.1) is 14.2 Å². The fourth-order valence-electron chi connectivity index (χ4n) is 2.31. The summed E-state index contributed by atoms with van der Waals surface area (Å²) in [5, 5.41) is 0. The SMILES string of the molecule is COC(=O)c1nc(-c2ccc3c(c2F)OCO3)c(F)c(N)c1OC. The van der Waals surface area contributed by atoms with Gasteiger partial charge < -0.3 is 24.7 Å². The Bertz CT molecular complexity index is 841. The Balaban J connectivity index is 2.26. The number of hydrogen-bond acceptors (Lipinski definition) is 7. The molecule has 0 saturated carbocycles. The molecule has 0 saturated heterocycles. The lowest BCUT2D eigenvalue weighted by Crippen LogP contribution is -2.12. The quantitative estimate of drug-likeness (QED) is 0.857. The van der Waals surface area contributed by atoms with Crippen molar-refractivity contribution in [1.29, 1.82) is 0 Å². The number of hydrogen-bond donors (Lipinski definition) is 1. The number of nitrogen functional groups attached to an aromatic ring is 1. The monoisotopic (exact) mass is 338 g/mol. The van der Waals surface area contributed by atoms with Crippen molar-refractivity contribution in [2.75, 3.05) is 26.7 Å². The van der Waals surface area contributed by atoms with Crippen molar-refractivity contribution < 1.29 is 32.5 Å². The van der Waals surface area contributed by atoms with Gasteiger partial charge in [0.2, 0.25) is 12.5 Å². The van der Waals surface area contributed by atoms with Gasteiger partial charge in [0.15, 0.2) is 28.8 Å². The molecule has 24 heavy (non-hydrogen) atoms. The van der Waals surface area contributed by atoms with E-state index in [1.165, 1.54) is 19.2 Å². The number of ether oxygens (including phenoxy) is 4. The fraction of sp³-hybridized carbons (Fsp3) is 0.200. The molecule has 0 amide bonds. The number of rotatable bonds is 3. The standard InChI is InChI=1S/C15H12F2N2O5/c1-21-14-10(18)9(17)11(19-12(14)15(20)22-2)6-3-4-7-13(8(6)16)24-5-23-7/h3-4H,5H2,1-2H3,(H2,18,19). The van der Waals surface area contributed by atoms with Crippen LogP contribution in [0.2, 0.25) is 0 Å². The number of esters is 1. The van der Waals surface area contributed by atoms with E-state index in [9.17, 15) is 13.6 Å². The summed E-state index contributed by atoms with van der Waals surface area (Å²) in [7, 11) is 2.31. The highest BCUT2D eigenvalue weighted by Crippen LogP contribution is 2.42. The molecule has 2 aromatic rings. The smallest absolute Gasteiger partial charge is 0.360 e. The number of nitrogens with zero attached hydrogens (tertiary/aromatic N) is 1. The molecule has 1 aliphatic heterocycles. The van der Waals surface area contributed by atoms with Crippen LogP contribution in [0.3, 0.4) is 0 Å². The Labute approximate surface area is 134 Å². The predicted molar refractivity (Wildman–Crippen MR) is 78.0 cm³/mol. The van der Waals surface area contributed by atoms with Gasteiger partial charge >= 0.3 is 5.97 Å². The number of methoxy groups -OCH3 is 2. The van der Waals surface area contributed by atoms with Crippen molar-refractivity contribution >= 4 is 11.7 Å². The van der Waals surface area contributed by atoms with Gasteiger partial charge in [-0.05, 0) is 12.1 Å². The molecule has 0 aliphatic carbocycles. The molecule has 0 radical (unpaired) electrons. The maximum Gasteiger partial charge on any atom is 0.360 e. The third kappa shape index (κ3) is 2.25. The highest BCUT2D eigenvalue weighted by Gasteiger charge is 2.29. The highest BCUT2D eigenvalue weighted by atomic mass is 19.1. The molecule has 0 bridgehead atoms. The number of carbonyl (C=O) groups excluding carboxylic acids is 1. The molecule has 2 heterocycles. The fourth-order valence-corrected chi connectivity index (χ4v) is 2.31. The summed E-state index contributed by atoms with van der Waals surface area (Å²) in [4.78, 5) is 15.7. The topological polar surface area (TPSA) is 92.9 Å². The van der Waals surface area contributed by atoms with Crippen LogP contribution in [-0.2, 0) is 4.74 Å². The summed E-state index contributed by atoms with van der Waals surface area (Å²) in [5.41, 5.74) is 4.10. The van der Waals surface area contributed by atoms with Gasteiger partial charge in [-0.25, -0.2) is 18.6 Å². The van der Waals surface area contributed by atoms with Crippen LogP contribution in [0.15, 0.2) is 12.1 Å². The molecule has 9 heteroatoms. The van der Waals surface area contributed by atoms with Gasteiger partial charge in [0.1, 0.15) is 11.4 Å². The number of benzene rings is 1. The molecular formula is C15H12F2N2O5. The number of pyridine rings is 1. The third-order valence-electron chi connectivity index (χ3n) is 3.44. The second kappa shape index (κ2) is 5.84.